The molecule has 3 rings (SSSR count). The van der Waals surface area contributed by atoms with Crippen LogP contribution in [0.25, 0.3) is 11.1 Å². The van der Waals surface area contributed by atoms with E-state index in [1.807, 2.05) is 42.5 Å². The number of hydrogen-bond donors (Lipinski definition) is 1. The third kappa shape index (κ3) is 3.36. The maximum Gasteiger partial charge on any atom is 0.251 e. The van der Waals surface area contributed by atoms with Gasteiger partial charge in [0.05, 0.1) is 11.5 Å². The van der Waals surface area contributed by atoms with Crippen molar-refractivity contribution >= 4 is 15.7 Å². The fraction of sp³-hybridized carbons (Fsp3) is 0.235. The Kier molecular flexibility index (Phi) is 3.98. The Morgan fingerprint density at radius 1 is 0.955 bits per heavy atom. The van der Waals surface area contributed by atoms with Crippen molar-refractivity contribution in [3.05, 3.63) is 60.2 Å². The molecule has 2 aromatic carbocycles. The topological polar surface area (TPSA) is 63.2 Å². The van der Waals surface area contributed by atoms with Gasteiger partial charge in [-0.3, -0.25) is 4.79 Å². The second kappa shape index (κ2) is 5.93. The molecule has 114 valence electrons. The van der Waals surface area contributed by atoms with Gasteiger partial charge in [-0.15, -0.1) is 0 Å². The van der Waals surface area contributed by atoms with Crippen LogP contribution >= 0.6 is 0 Å². The summed E-state index contributed by atoms with van der Waals surface area (Å²) < 4.78 is 22.8. The average Bonchev–Trinajstić information content (AvgIpc) is 2.87. The SMILES string of the molecule is O=C(NC1CCS(=O)(=O)C1)c1ccc(-c2ccccc2)cc1. The molecule has 1 amide bonds. The molecule has 2 aromatic rings. The molecule has 1 unspecified atom stereocenters. The standard InChI is InChI=1S/C17H17NO3S/c19-17(18-16-10-11-22(20,21)12-16)15-8-6-14(7-9-15)13-4-2-1-3-5-13/h1-9,16H,10-12H2,(H,18,19). The number of carbonyl (C=O) groups excluding carboxylic acids is 1. The smallest absolute Gasteiger partial charge is 0.251 e. The third-order valence-electron chi connectivity index (χ3n) is 3.82. The van der Waals surface area contributed by atoms with Crippen molar-refractivity contribution in [3.63, 3.8) is 0 Å². The van der Waals surface area contributed by atoms with Gasteiger partial charge in [0, 0.05) is 11.6 Å². The molecule has 1 N–H and O–H groups in total. The maximum absolute atomic E-state index is 12.2. The molecule has 22 heavy (non-hydrogen) atoms. The fourth-order valence-electron chi connectivity index (χ4n) is 2.62. The molecule has 0 radical (unpaired) electrons. The Labute approximate surface area is 130 Å². The normalized spacial score (nSPS) is 19.7. The summed E-state index contributed by atoms with van der Waals surface area (Å²) in [6, 6.07) is 17.0. The van der Waals surface area contributed by atoms with Crippen molar-refractivity contribution in [2.24, 2.45) is 0 Å². The molecule has 1 aliphatic rings. The van der Waals surface area contributed by atoms with Gasteiger partial charge in [-0.1, -0.05) is 42.5 Å². The van der Waals surface area contributed by atoms with E-state index in [1.165, 1.54) is 0 Å². The van der Waals surface area contributed by atoms with E-state index < -0.39 is 9.84 Å². The zero-order chi connectivity index (χ0) is 15.6. The van der Waals surface area contributed by atoms with Crippen LogP contribution in [-0.4, -0.2) is 31.9 Å². The molecule has 0 saturated carbocycles. The summed E-state index contributed by atoms with van der Waals surface area (Å²) >= 11 is 0. The van der Waals surface area contributed by atoms with E-state index in [2.05, 4.69) is 5.32 Å². The van der Waals surface area contributed by atoms with Crippen molar-refractivity contribution in [1.82, 2.24) is 5.32 Å². The van der Waals surface area contributed by atoms with E-state index in [1.54, 1.807) is 12.1 Å². The first kappa shape index (κ1) is 14.8. The molecular formula is C17H17NO3S. The number of sulfone groups is 1. The fourth-order valence-corrected chi connectivity index (χ4v) is 4.30. The molecule has 4 nitrogen and oxygen atoms in total. The van der Waals surface area contributed by atoms with Gasteiger partial charge >= 0.3 is 0 Å². The molecule has 1 atom stereocenters. The van der Waals surface area contributed by atoms with Gasteiger partial charge in [0.2, 0.25) is 0 Å². The number of amides is 1. The van der Waals surface area contributed by atoms with E-state index in [9.17, 15) is 13.2 Å². The van der Waals surface area contributed by atoms with Crippen molar-refractivity contribution in [1.29, 1.82) is 0 Å². The van der Waals surface area contributed by atoms with Crippen molar-refractivity contribution in [3.8, 4) is 11.1 Å². The van der Waals surface area contributed by atoms with Gasteiger partial charge in [0.1, 0.15) is 0 Å². The quantitative estimate of drug-likeness (QED) is 0.945. The predicted molar refractivity (Wildman–Crippen MR) is 86.4 cm³/mol. The Morgan fingerprint density at radius 3 is 2.18 bits per heavy atom. The van der Waals surface area contributed by atoms with Crippen molar-refractivity contribution < 1.29 is 13.2 Å². The van der Waals surface area contributed by atoms with Gasteiger partial charge in [0.15, 0.2) is 9.84 Å². The van der Waals surface area contributed by atoms with Crippen molar-refractivity contribution in [2.45, 2.75) is 12.5 Å². The van der Waals surface area contributed by atoms with Crippen LogP contribution in [-0.2, 0) is 9.84 Å². The highest BCUT2D eigenvalue weighted by molar-refractivity contribution is 7.91. The second-order valence-corrected chi connectivity index (χ2v) is 7.75. The number of hydrogen-bond acceptors (Lipinski definition) is 3. The molecule has 1 fully saturated rings. The van der Waals surface area contributed by atoms with Gasteiger partial charge in [0.25, 0.3) is 5.91 Å². The number of benzene rings is 2. The summed E-state index contributed by atoms with van der Waals surface area (Å²) in [6.07, 6.45) is 0.496. The molecule has 0 spiro atoms. The first-order chi connectivity index (χ1) is 10.5. The third-order valence-corrected chi connectivity index (χ3v) is 5.59. The van der Waals surface area contributed by atoms with Crippen LogP contribution in [0.3, 0.4) is 0 Å². The zero-order valence-corrected chi connectivity index (χ0v) is 12.8. The van der Waals surface area contributed by atoms with Crippen LogP contribution < -0.4 is 5.32 Å². The highest BCUT2D eigenvalue weighted by Crippen LogP contribution is 2.19. The number of nitrogens with one attached hydrogen (secondary N) is 1. The Hall–Kier alpha value is -2.14. The zero-order valence-electron chi connectivity index (χ0n) is 12.0. The highest BCUT2D eigenvalue weighted by Gasteiger charge is 2.29. The highest BCUT2D eigenvalue weighted by atomic mass is 32.2. The lowest BCUT2D eigenvalue weighted by molar-refractivity contribution is 0.0941. The van der Waals surface area contributed by atoms with Gasteiger partial charge in [-0.2, -0.15) is 0 Å². The van der Waals surface area contributed by atoms with E-state index in [4.69, 9.17) is 0 Å². The molecular weight excluding hydrogens is 298 g/mol. The molecule has 0 aromatic heterocycles. The van der Waals surface area contributed by atoms with Crippen LogP contribution in [0.15, 0.2) is 54.6 Å². The lowest BCUT2D eigenvalue weighted by Gasteiger charge is -2.11. The maximum atomic E-state index is 12.2. The summed E-state index contributed by atoms with van der Waals surface area (Å²) in [4.78, 5) is 12.2. The van der Waals surface area contributed by atoms with Gasteiger partial charge in [-0.05, 0) is 29.7 Å². The average molecular weight is 315 g/mol. The molecule has 5 heteroatoms. The first-order valence-corrected chi connectivity index (χ1v) is 9.02. The minimum absolute atomic E-state index is 0.0425. The lowest BCUT2D eigenvalue weighted by atomic mass is 10.0. The Bertz CT molecular complexity index is 767. The minimum atomic E-state index is -2.98. The molecule has 1 saturated heterocycles. The Morgan fingerprint density at radius 2 is 1.59 bits per heavy atom. The van der Waals surface area contributed by atoms with Crippen LogP contribution in [0.1, 0.15) is 16.8 Å². The van der Waals surface area contributed by atoms with Crippen molar-refractivity contribution in [2.75, 3.05) is 11.5 Å². The number of rotatable bonds is 3. The first-order valence-electron chi connectivity index (χ1n) is 7.20. The Balaban J connectivity index is 1.69. The van der Waals surface area contributed by atoms with Crippen LogP contribution in [0, 0.1) is 0 Å². The van der Waals surface area contributed by atoms with E-state index in [0.29, 0.717) is 12.0 Å². The summed E-state index contributed by atoms with van der Waals surface area (Å²) in [6.45, 7) is 0. The number of carbonyl (C=O) groups is 1. The summed E-state index contributed by atoms with van der Waals surface area (Å²) in [7, 11) is -2.98. The molecule has 0 aliphatic carbocycles. The summed E-state index contributed by atoms with van der Waals surface area (Å²) in [5.74, 6) is -0.0205. The van der Waals surface area contributed by atoms with Gasteiger partial charge < -0.3 is 5.32 Å². The minimum Gasteiger partial charge on any atom is -0.348 e. The molecule has 0 bridgehead atoms. The summed E-state index contributed by atoms with van der Waals surface area (Å²) in [5.41, 5.74) is 2.68. The van der Waals surface area contributed by atoms with E-state index in [-0.39, 0.29) is 23.5 Å². The van der Waals surface area contributed by atoms with Crippen LogP contribution in [0.2, 0.25) is 0 Å². The van der Waals surface area contributed by atoms with Gasteiger partial charge in [-0.25, -0.2) is 8.42 Å². The van der Waals surface area contributed by atoms with E-state index in [0.717, 1.165) is 11.1 Å². The van der Waals surface area contributed by atoms with Crippen LogP contribution in [0.4, 0.5) is 0 Å². The lowest BCUT2D eigenvalue weighted by Crippen LogP contribution is -2.35. The largest absolute Gasteiger partial charge is 0.348 e. The molecule has 1 aliphatic heterocycles. The predicted octanol–water partition coefficient (Wildman–Crippen LogP) is 2.27. The summed E-state index contributed by atoms with van der Waals surface area (Å²) in [5, 5.41) is 2.79. The molecule has 1 heterocycles. The second-order valence-electron chi connectivity index (χ2n) is 5.52. The monoisotopic (exact) mass is 315 g/mol. The van der Waals surface area contributed by atoms with E-state index >= 15 is 0 Å². The van der Waals surface area contributed by atoms with Crippen LogP contribution in [0.5, 0.6) is 0 Å².